The van der Waals surface area contributed by atoms with E-state index in [1.165, 1.54) is 25.3 Å². The van der Waals surface area contributed by atoms with E-state index in [2.05, 4.69) is 4.99 Å². The van der Waals surface area contributed by atoms with Gasteiger partial charge in [0.15, 0.2) is 11.6 Å². The van der Waals surface area contributed by atoms with E-state index in [1.54, 1.807) is 0 Å². The van der Waals surface area contributed by atoms with Crippen LogP contribution < -0.4 is 4.74 Å². The molecule has 0 atom stereocenters. The minimum atomic E-state index is -0.559. The van der Waals surface area contributed by atoms with Gasteiger partial charge in [-0.15, -0.1) is 0 Å². The van der Waals surface area contributed by atoms with Crippen LogP contribution in [0.2, 0.25) is 5.02 Å². The summed E-state index contributed by atoms with van der Waals surface area (Å²) in [6.07, 6.45) is 1.32. The average molecular weight is 216 g/mol. The first-order valence-corrected chi connectivity index (χ1v) is 4.12. The maximum atomic E-state index is 13.4. The molecule has 0 spiro atoms. The van der Waals surface area contributed by atoms with Gasteiger partial charge in [0.25, 0.3) is 0 Å². The summed E-state index contributed by atoms with van der Waals surface area (Å²) in [7, 11) is 1.33. The number of halogens is 2. The highest BCUT2D eigenvalue weighted by molar-refractivity contribution is 6.30. The van der Waals surface area contributed by atoms with Crippen molar-refractivity contribution in [3.63, 3.8) is 0 Å². The topological polar surface area (TPSA) is 38.7 Å². The Morgan fingerprint density at radius 1 is 1.64 bits per heavy atom. The van der Waals surface area contributed by atoms with E-state index < -0.39 is 5.82 Å². The molecule has 5 heteroatoms. The predicted molar refractivity (Wildman–Crippen MR) is 49.8 cm³/mol. The Balaban J connectivity index is 3.14. The Morgan fingerprint density at radius 3 is 2.93 bits per heavy atom. The van der Waals surface area contributed by atoms with Gasteiger partial charge >= 0.3 is 0 Å². The van der Waals surface area contributed by atoms with Gasteiger partial charge in [-0.25, -0.2) is 14.2 Å². The number of nitrogens with zero attached hydrogens (tertiary/aromatic N) is 1. The van der Waals surface area contributed by atoms with Crippen LogP contribution in [-0.2, 0) is 11.3 Å². The van der Waals surface area contributed by atoms with Gasteiger partial charge < -0.3 is 4.74 Å². The Kier molecular flexibility index (Phi) is 3.63. The van der Waals surface area contributed by atoms with Crippen molar-refractivity contribution in [2.24, 2.45) is 4.99 Å². The van der Waals surface area contributed by atoms with Crippen molar-refractivity contribution in [3.8, 4) is 5.75 Å². The van der Waals surface area contributed by atoms with Crippen molar-refractivity contribution < 1.29 is 13.9 Å². The monoisotopic (exact) mass is 215 g/mol. The largest absolute Gasteiger partial charge is 0.494 e. The molecule has 0 heterocycles. The zero-order chi connectivity index (χ0) is 10.6. The molecule has 0 aliphatic carbocycles. The molecule has 3 nitrogen and oxygen atoms in total. The number of carbonyl (C=O) groups excluding carboxylic acids is 1. The Labute approximate surface area is 85.2 Å². The van der Waals surface area contributed by atoms with E-state index in [4.69, 9.17) is 16.3 Å². The van der Waals surface area contributed by atoms with Crippen molar-refractivity contribution in [1.82, 2.24) is 0 Å². The van der Waals surface area contributed by atoms with Crippen LogP contribution >= 0.6 is 11.6 Å². The molecule has 74 valence electrons. The third kappa shape index (κ3) is 2.31. The molecule has 0 bridgehead atoms. The second kappa shape index (κ2) is 4.74. The quantitative estimate of drug-likeness (QED) is 0.573. The van der Waals surface area contributed by atoms with Crippen LogP contribution in [-0.4, -0.2) is 13.2 Å². The van der Waals surface area contributed by atoms with Crippen molar-refractivity contribution in [3.05, 3.63) is 28.5 Å². The number of isocyanates is 1. The fourth-order valence-electron chi connectivity index (χ4n) is 0.999. The molecule has 14 heavy (non-hydrogen) atoms. The molecule has 0 saturated carbocycles. The Morgan fingerprint density at radius 2 is 2.36 bits per heavy atom. The molecule has 0 saturated heterocycles. The second-order valence-corrected chi connectivity index (χ2v) is 2.93. The molecule has 0 aliphatic heterocycles. The highest BCUT2D eigenvalue weighted by atomic mass is 35.5. The van der Waals surface area contributed by atoms with Crippen molar-refractivity contribution in [2.45, 2.75) is 6.54 Å². The molecule has 0 amide bonds. The normalized spacial score (nSPS) is 9.36. The summed E-state index contributed by atoms with van der Waals surface area (Å²) in [6, 6.07) is 2.74. The minimum Gasteiger partial charge on any atom is -0.494 e. The molecular weight excluding hydrogens is 209 g/mol. The van der Waals surface area contributed by atoms with E-state index in [1.807, 2.05) is 0 Å². The van der Waals surface area contributed by atoms with Crippen LogP contribution in [0.15, 0.2) is 17.1 Å². The van der Waals surface area contributed by atoms with E-state index >= 15 is 0 Å². The highest BCUT2D eigenvalue weighted by Gasteiger charge is 2.09. The van der Waals surface area contributed by atoms with Gasteiger partial charge in [0.05, 0.1) is 13.7 Å². The van der Waals surface area contributed by atoms with Crippen LogP contribution in [0.25, 0.3) is 0 Å². The second-order valence-electron chi connectivity index (χ2n) is 2.49. The van der Waals surface area contributed by atoms with E-state index in [-0.39, 0.29) is 17.9 Å². The molecule has 0 fully saturated rings. The number of hydrogen-bond donors (Lipinski definition) is 0. The third-order valence-electron chi connectivity index (χ3n) is 1.61. The first-order valence-electron chi connectivity index (χ1n) is 3.74. The molecule has 1 aromatic carbocycles. The van der Waals surface area contributed by atoms with Crippen molar-refractivity contribution in [1.29, 1.82) is 0 Å². The summed E-state index contributed by atoms with van der Waals surface area (Å²) in [5, 5.41) is 0.333. The van der Waals surface area contributed by atoms with E-state index in [0.717, 1.165) is 0 Å². The van der Waals surface area contributed by atoms with Crippen LogP contribution in [0.3, 0.4) is 0 Å². The molecule has 0 radical (unpaired) electrons. The lowest BCUT2D eigenvalue weighted by molar-refractivity contribution is 0.384. The Bertz CT molecular complexity index is 389. The molecule has 0 aliphatic rings. The van der Waals surface area contributed by atoms with Gasteiger partial charge in [0, 0.05) is 16.7 Å². The lowest BCUT2D eigenvalue weighted by atomic mass is 10.2. The summed E-state index contributed by atoms with van der Waals surface area (Å²) in [5.74, 6) is -0.524. The standard InChI is InChI=1S/C9H7ClFNO2/c1-14-8-3-7(10)2-6(9(8)11)4-12-5-13/h2-3H,4H2,1H3. The highest BCUT2D eigenvalue weighted by Crippen LogP contribution is 2.26. The lowest BCUT2D eigenvalue weighted by Crippen LogP contribution is -1.94. The van der Waals surface area contributed by atoms with Crippen molar-refractivity contribution in [2.75, 3.05) is 7.11 Å². The molecule has 1 rings (SSSR count). The number of rotatable bonds is 3. The Hall–Kier alpha value is -1.38. The molecule has 0 aromatic heterocycles. The van der Waals surface area contributed by atoms with Crippen LogP contribution in [0.4, 0.5) is 4.39 Å². The number of methoxy groups -OCH3 is 1. The smallest absolute Gasteiger partial charge is 0.235 e. The minimum absolute atomic E-state index is 0.0357. The van der Waals surface area contributed by atoms with Crippen LogP contribution in [0.5, 0.6) is 5.75 Å². The van der Waals surface area contributed by atoms with Crippen LogP contribution in [0, 0.1) is 5.82 Å². The zero-order valence-corrected chi connectivity index (χ0v) is 8.14. The molecule has 1 aromatic rings. The fraction of sp³-hybridized carbons (Fsp3) is 0.222. The van der Waals surface area contributed by atoms with Gasteiger partial charge in [-0.05, 0) is 6.07 Å². The molecular formula is C9H7ClFNO2. The zero-order valence-electron chi connectivity index (χ0n) is 7.38. The van der Waals surface area contributed by atoms with E-state index in [0.29, 0.717) is 5.02 Å². The summed E-state index contributed by atoms with van der Waals surface area (Å²) >= 11 is 5.69. The van der Waals surface area contributed by atoms with E-state index in [9.17, 15) is 9.18 Å². The maximum absolute atomic E-state index is 13.4. The predicted octanol–water partition coefficient (Wildman–Crippen LogP) is 2.32. The van der Waals surface area contributed by atoms with Gasteiger partial charge in [0.1, 0.15) is 0 Å². The first kappa shape index (κ1) is 10.7. The SMILES string of the molecule is COc1cc(Cl)cc(CN=C=O)c1F. The summed E-state index contributed by atoms with van der Waals surface area (Å²) in [5.41, 5.74) is 0.206. The number of benzene rings is 1. The van der Waals surface area contributed by atoms with Gasteiger partial charge in [-0.3, -0.25) is 0 Å². The number of hydrogen-bond acceptors (Lipinski definition) is 3. The summed E-state index contributed by atoms with van der Waals surface area (Å²) in [6.45, 7) is -0.0910. The van der Waals surface area contributed by atoms with Crippen molar-refractivity contribution >= 4 is 17.7 Å². The number of aliphatic imine (C=N–C) groups is 1. The lowest BCUT2D eigenvalue weighted by Gasteiger charge is -2.05. The summed E-state index contributed by atoms with van der Waals surface area (Å²) < 4.78 is 18.1. The molecule has 0 unspecified atom stereocenters. The van der Waals surface area contributed by atoms with Crippen LogP contribution in [0.1, 0.15) is 5.56 Å². The van der Waals surface area contributed by atoms with Gasteiger partial charge in [-0.1, -0.05) is 11.6 Å². The average Bonchev–Trinajstić information content (AvgIpc) is 2.18. The fourth-order valence-corrected chi connectivity index (χ4v) is 1.23. The summed E-state index contributed by atoms with van der Waals surface area (Å²) in [4.78, 5) is 13.1. The first-order chi connectivity index (χ1) is 6.69. The maximum Gasteiger partial charge on any atom is 0.235 e. The van der Waals surface area contributed by atoms with Gasteiger partial charge in [0.2, 0.25) is 6.08 Å². The molecule has 0 N–H and O–H groups in total. The third-order valence-corrected chi connectivity index (χ3v) is 1.83. The van der Waals surface area contributed by atoms with Gasteiger partial charge in [-0.2, -0.15) is 0 Å². The number of ether oxygens (including phenoxy) is 1.